The van der Waals surface area contributed by atoms with Crippen molar-refractivity contribution in [1.82, 2.24) is 4.31 Å². The van der Waals surface area contributed by atoms with Gasteiger partial charge in [0.15, 0.2) is 0 Å². The van der Waals surface area contributed by atoms with Crippen molar-refractivity contribution in [2.75, 3.05) is 25.5 Å². The van der Waals surface area contributed by atoms with Crippen LogP contribution in [-0.4, -0.2) is 38.2 Å². The van der Waals surface area contributed by atoms with E-state index in [1.807, 2.05) is 56.3 Å². The van der Waals surface area contributed by atoms with Crippen LogP contribution < -0.4 is 0 Å². The molecule has 1 rings (SSSR count). The van der Waals surface area contributed by atoms with Crippen molar-refractivity contribution in [3.8, 4) is 0 Å². The van der Waals surface area contributed by atoms with E-state index in [2.05, 4.69) is 0 Å². The summed E-state index contributed by atoms with van der Waals surface area (Å²) in [6, 6.07) is 9.71. The first-order valence-electron chi connectivity index (χ1n) is 7.80. The van der Waals surface area contributed by atoms with Crippen LogP contribution in [0, 0.1) is 0 Å². The van der Waals surface area contributed by atoms with Gasteiger partial charge in [0.2, 0.25) is 10.0 Å². The van der Waals surface area contributed by atoms with Crippen LogP contribution in [0.4, 0.5) is 0 Å². The van der Waals surface area contributed by atoms with Gasteiger partial charge in [-0.2, -0.15) is 4.31 Å². The van der Waals surface area contributed by atoms with E-state index in [-0.39, 0.29) is 5.75 Å². The SMILES string of the molecule is C/C=C\CCN(Cc1ccccc1)S(=O)(=O)CCCOCC. The topological polar surface area (TPSA) is 46.6 Å². The summed E-state index contributed by atoms with van der Waals surface area (Å²) in [5.74, 6) is 0.135. The van der Waals surface area contributed by atoms with Gasteiger partial charge in [0.25, 0.3) is 0 Å². The number of hydrogen-bond donors (Lipinski definition) is 0. The Kier molecular flexibility index (Phi) is 9.04. The van der Waals surface area contributed by atoms with Crippen molar-refractivity contribution < 1.29 is 13.2 Å². The van der Waals surface area contributed by atoms with E-state index in [1.54, 1.807) is 4.31 Å². The molecule has 124 valence electrons. The van der Waals surface area contributed by atoms with Crippen LogP contribution in [0.15, 0.2) is 42.5 Å². The quantitative estimate of drug-likeness (QED) is 0.463. The molecule has 0 saturated carbocycles. The average Bonchev–Trinajstić information content (AvgIpc) is 2.52. The highest BCUT2D eigenvalue weighted by atomic mass is 32.2. The molecule has 0 spiro atoms. The normalized spacial score (nSPS) is 12.3. The number of ether oxygens (including phenoxy) is 1. The smallest absolute Gasteiger partial charge is 0.214 e. The fourth-order valence-electron chi connectivity index (χ4n) is 2.11. The van der Waals surface area contributed by atoms with Gasteiger partial charge in [0.05, 0.1) is 5.75 Å². The van der Waals surface area contributed by atoms with Crippen LogP contribution in [-0.2, 0) is 21.3 Å². The largest absolute Gasteiger partial charge is 0.382 e. The second-order valence-corrected chi connectivity index (χ2v) is 7.13. The third-order valence-corrected chi connectivity index (χ3v) is 5.17. The zero-order chi connectivity index (χ0) is 16.3. The molecule has 0 amide bonds. The zero-order valence-electron chi connectivity index (χ0n) is 13.6. The van der Waals surface area contributed by atoms with Crippen LogP contribution >= 0.6 is 0 Å². The minimum absolute atomic E-state index is 0.135. The molecule has 4 nitrogen and oxygen atoms in total. The Hall–Kier alpha value is -1.17. The van der Waals surface area contributed by atoms with E-state index in [0.717, 1.165) is 12.0 Å². The second-order valence-electron chi connectivity index (χ2n) is 5.04. The Morgan fingerprint density at radius 2 is 1.95 bits per heavy atom. The van der Waals surface area contributed by atoms with Gasteiger partial charge in [-0.1, -0.05) is 42.5 Å². The molecule has 0 fully saturated rings. The molecule has 0 aromatic heterocycles. The summed E-state index contributed by atoms with van der Waals surface area (Å²) >= 11 is 0. The highest BCUT2D eigenvalue weighted by Crippen LogP contribution is 2.12. The zero-order valence-corrected chi connectivity index (χ0v) is 14.4. The third kappa shape index (κ3) is 7.20. The van der Waals surface area contributed by atoms with Gasteiger partial charge in [0.1, 0.15) is 0 Å². The number of rotatable bonds is 11. The Balaban J connectivity index is 2.70. The number of allylic oxidation sites excluding steroid dienone is 1. The van der Waals surface area contributed by atoms with E-state index >= 15 is 0 Å². The molecule has 0 atom stereocenters. The minimum Gasteiger partial charge on any atom is -0.382 e. The molecule has 0 saturated heterocycles. The first kappa shape index (κ1) is 18.9. The van der Waals surface area contributed by atoms with Gasteiger partial charge >= 0.3 is 0 Å². The maximum absolute atomic E-state index is 12.5. The maximum atomic E-state index is 12.5. The molecule has 1 aromatic carbocycles. The van der Waals surface area contributed by atoms with E-state index in [0.29, 0.717) is 32.7 Å². The number of benzene rings is 1. The van der Waals surface area contributed by atoms with Crippen LogP contribution in [0.5, 0.6) is 0 Å². The van der Waals surface area contributed by atoms with Crippen LogP contribution in [0.2, 0.25) is 0 Å². The molecule has 22 heavy (non-hydrogen) atoms. The van der Waals surface area contributed by atoms with Crippen molar-refractivity contribution in [3.63, 3.8) is 0 Å². The van der Waals surface area contributed by atoms with Gasteiger partial charge in [0, 0.05) is 26.3 Å². The van der Waals surface area contributed by atoms with E-state index < -0.39 is 10.0 Å². The van der Waals surface area contributed by atoms with E-state index in [4.69, 9.17) is 4.74 Å². The number of hydrogen-bond acceptors (Lipinski definition) is 3. The van der Waals surface area contributed by atoms with Crippen molar-refractivity contribution in [1.29, 1.82) is 0 Å². The van der Waals surface area contributed by atoms with Gasteiger partial charge in [-0.3, -0.25) is 0 Å². The highest BCUT2D eigenvalue weighted by molar-refractivity contribution is 7.89. The molecule has 0 aliphatic heterocycles. The lowest BCUT2D eigenvalue weighted by Gasteiger charge is -2.22. The molecule has 0 radical (unpaired) electrons. The fourth-order valence-corrected chi connectivity index (χ4v) is 3.58. The Morgan fingerprint density at radius 1 is 1.23 bits per heavy atom. The van der Waals surface area contributed by atoms with Gasteiger partial charge in [-0.15, -0.1) is 0 Å². The molecule has 0 aliphatic rings. The molecule has 0 heterocycles. The Bertz CT molecular complexity index is 526. The molecular weight excluding hydrogens is 298 g/mol. The molecule has 0 bridgehead atoms. The first-order valence-corrected chi connectivity index (χ1v) is 9.41. The summed E-state index contributed by atoms with van der Waals surface area (Å²) in [7, 11) is -3.26. The Morgan fingerprint density at radius 3 is 2.59 bits per heavy atom. The Labute approximate surface area is 134 Å². The lowest BCUT2D eigenvalue weighted by atomic mass is 10.2. The lowest BCUT2D eigenvalue weighted by Crippen LogP contribution is -2.33. The summed E-state index contributed by atoms with van der Waals surface area (Å²) in [6.07, 6.45) is 5.20. The molecule has 5 heteroatoms. The molecule has 0 aliphatic carbocycles. The molecular formula is C17H27NO3S. The third-order valence-electron chi connectivity index (χ3n) is 3.27. The van der Waals surface area contributed by atoms with Crippen molar-refractivity contribution in [2.24, 2.45) is 0 Å². The summed E-state index contributed by atoms with van der Waals surface area (Å²) in [4.78, 5) is 0. The average molecular weight is 325 g/mol. The van der Waals surface area contributed by atoms with Gasteiger partial charge in [-0.05, 0) is 32.3 Å². The fraction of sp³-hybridized carbons (Fsp3) is 0.529. The summed E-state index contributed by atoms with van der Waals surface area (Å²) in [5, 5.41) is 0. The lowest BCUT2D eigenvalue weighted by molar-refractivity contribution is 0.148. The van der Waals surface area contributed by atoms with Gasteiger partial charge < -0.3 is 4.74 Å². The summed E-state index contributed by atoms with van der Waals surface area (Å²) in [6.45, 7) is 5.90. The summed E-state index contributed by atoms with van der Waals surface area (Å²) in [5.41, 5.74) is 1.01. The number of sulfonamides is 1. The van der Waals surface area contributed by atoms with Crippen molar-refractivity contribution in [3.05, 3.63) is 48.0 Å². The predicted octanol–water partition coefficient (Wildman–Crippen LogP) is 3.21. The van der Waals surface area contributed by atoms with Crippen LogP contribution in [0.3, 0.4) is 0 Å². The van der Waals surface area contributed by atoms with Gasteiger partial charge in [-0.25, -0.2) is 8.42 Å². The minimum atomic E-state index is -3.26. The van der Waals surface area contributed by atoms with E-state index in [9.17, 15) is 8.42 Å². The summed E-state index contributed by atoms with van der Waals surface area (Å²) < 4.78 is 31.9. The van der Waals surface area contributed by atoms with E-state index in [1.165, 1.54) is 0 Å². The van der Waals surface area contributed by atoms with Crippen LogP contribution in [0.25, 0.3) is 0 Å². The molecule has 1 aromatic rings. The van der Waals surface area contributed by atoms with Crippen molar-refractivity contribution >= 4 is 10.0 Å². The predicted molar refractivity (Wildman–Crippen MR) is 91.2 cm³/mol. The monoisotopic (exact) mass is 325 g/mol. The number of nitrogens with zero attached hydrogens (tertiary/aromatic N) is 1. The molecule has 0 N–H and O–H groups in total. The molecule has 0 unspecified atom stereocenters. The van der Waals surface area contributed by atoms with Crippen molar-refractivity contribution in [2.45, 2.75) is 33.2 Å². The van der Waals surface area contributed by atoms with Crippen LogP contribution in [0.1, 0.15) is 32.3 Å². The standard InChI is InChI=1S/C17H27NO3S/c1-3-5-9-13-18(16-17-11-7-6-8-12-17)22(19,20)15-10-14-21-4-2/h3,5-8,11-12H,4,9-10,13-16H2,1-2H3/b5-3-. The highest BCUT2D eigenvalue weighted by Gasteiger charge is 2.21. The second kappa shape index (κ2) is 10.5. The maximum Gasteiger partial charge on any atom is 0.214 e. The first-order chi connectivity index (χ1) is 10.6.